The lowest BCUT2D eigenvalue weighted by atomic mass is 10.1. The Hall–Kier alpha value is -0.300. The molecule has 0 aromatic heterocycles. The van der Waals surface area contributed by atoms with Crippen molar-refractivity contribution in [3.8, 4) is 0 Å². The second-order valence-corrected chi connectivity index (χ2v) is 8.78. The second-order valence-electron chi connectivity index (χ2n) is 4.95. The largest absolute Gasteiger partial charge is 0.462 e. The molecule has 2 rings (SSSR count). The van der Waals surface area contributed by atoms with Crippen LogP contribution in [0.5, 0.6) is 0 Å². The molecule has 0 bridgehead atoms. The van der Waals surface area contributed by atoms with Crippen molar-refractivity contribution in [1.29, 1.82) is 0 Å². The molecule has 0 atom stereocenters. The summed E-state index contributed by atoms with van der Waals surface area (Å²) >= 11 is 9.11. The van der Waals surface area contributed by atoms with Crippen molar-refractivity contribution in [1.82, 2.24) is 0 Å². The molecule has 1 aromatic rings. The number of carbonyl (C=O) groups is 1. The number of hydrogen-bond acceptors (Lipinski definition) is 4. The first kappa shape index (κ1) is 17.1. The minimum atomic E-state index is -4.04. The Morgan fingerprint density at radius 2 is 1.95 bits per heavy atom. The van der Waals surface area contributed by atoms with Gasteiger partial charge in [0.1, 0.15) is 4.90 Å². The number of hydrogen-bond donors (Lipinski definition) is 0. The lowest BCUT2D eigenvalue weighted by molar-refractivity contribution is 0.0442. The molecule has 8 heteroatoms. The molecule has 1 aromatic carbocycles. The Morgan fingerprint density at radius 3 is 2.52 bits per heavy atom. The third kappa shape index (κ3) is 4.34. The van der Waals surface area contributed by atoms with Gasteiger partial charge in [0.2, 0.25) is 0 Å². The van der Waals surface area contributed by atoms with Gasteiger partial charge in [-0.25, -0.2) is 13.2 Å². The van der Waals surface area contributed by atoms with Crippen LogP contribution >= 0.6 is 38.2 Å². The maximum atomic E-state index is 12.1. The average Bonchev–Trinajstić information content (AvgIpc) is 2.90. The normalized spacial score (nSPS) is 16.1. The van der Waals surface area contributed by atoms with Gasteiger partial charge in [-0.1, -0.05) is 40.4 Å². The minimum absolute atomic E-state index is 0.0109. The van der Waals surface area contributed by atoms with Crippen molar-refractivity contribution >= 4 is 53.2 Å². The minimum Gasteiger partial charge on any atom is -0.462 e. The van der Waals surface area contributed by atoms with Gasteiger partial charge in [0.25, 0.3) is 9.05 Å². The highest BCUT2D eigenvalue weighted by atomic mass is 79.9. The first-order valence-electron chi connectivity index (χ1n) is 6.40. The fourth-order valence-corrected chi connectivity index (χ4v) is 4.51. The topological polar surface area (TPSA) is 60.4 Å². The Labute approximate surface area is 141 Å². The van der Waals surface area contributed by atoms with Crippen LogP contribution in [0.2, 0.25) is 5.02 Å². The van der Waals surface area contributed by atoms with Gasteiger partial charge >= 0.3 is 5.97 Å². The van der Waals surface area contributed by atoms with Crippen LogP contribution in [-0.2, 0) is 13.8 Å². The summed E-state index contributed by atoms with van der Waals surface area (Å²) in [5, 5.41) is -0.218. The number of esters is 1. The van der Waals surface area contributed by atoms with E-state index >= 15 is 0 Å². The quantitative estimate of drug-likeness (QED) is 0.540. The van der Waals surface area contributed by atoms with Gasteiger partial charge in [-0.2, -0.15) is 0 Å². The molecule has 0 spiro atoms. The number of carbonyl (C=O) groups excluding carboxylic acids is 1. The lowest BCUT2D eigenvalue weighted by Crippen LogP contribution is -2.13. The summed E-state index contributed by atoms with van der Waals surface area (Å²) in [6, 6.07) is 2.67. The lowest BCUT2D eigenvalue weighted by Gasteiger charge is -2.12. The molecule has 0 heterocycles. The Balaban J connectivity index is 2.22. The molecule has 0 saturated heterocycles. The molecule has 0 aliphatic heterocycles. The SMILES string of the molecule is O=C(OCC1CCCC1)c1cc(Br)cc(S(=O)(=O)Cl)c1Cl. The van der Waals surface area contributed by atoms with Crippen LogP contribution in [-0.4, -0.2) is 21.0 Å². The second kappa shape index (κ2) is 6.86. The van der Waals surface area contributed by atoms with Crippen LogP contribution in [0.1, 0.15) is 36.0 Å². The van der Waals surface area contributed by atoms with Crippen LogP contribution in [0.3, 0.4) is 0 Å². The zero-order chi connectivity index (χ0) is 15.6. The van der Waals surface area contributed by atoms with Gasteiger partial charge in [0.05, 0.1) is 17.2 Å². The van der Waals surface area contributed by atoms with Gasteiger partial charge in [-0.05, 0) is 30.9 Å². The molecule has 1 aliphatic carbocycles. The van der Waals surface area contributed by atoms with Crippen LogP contribution in [0.25, 0.3) is 0 Å². The van der Waals surface area contributed by atoms with E-state index in [0.717, 1.165) is 25.7 Å². The number of benzene rings is 1. The molecule has 0 radical (unpaired) electrons. The summed E-state index contributed by atoms with van der Waals surface area (Å²) in [6.45, 7) is 0.324. The summed E-state index contributed by atoms with van der Waals surface area (Å²) in [5.41, 5.74) is -0.0109. The maximum absolute atomic E-state index is 12.1. The van der Waals surface area contributed by atoms with Crippen LogP contribution < -0.4 is 0 Å². The third-order valence-electron chi connectivity index (χ3n) is 3.41. The Bertz CT molecular complexity index is 654. The fourth-order valence-electron chi connectivity index (χ4n) is 2.34. The number of ether oxygens (including phenoxy) is 1. The number of rotatable bonds is 4. The first-order valence-corrected chi connectivity index (χ1v) is 9.88. The van der Waals surface area contributed by atoms with Gasteiger partial charge in [-0.15, -0.1) is 0 Å². The van der Waals surface area contributed by atoms with E-state index in [-0.39, 0.29) is 15.5 Å². The molecule has 1 aliphatic rings. The highest BCUT2D eigenvalue weighted by Gasteiger charge is 2.24. The van der Waals surface area contributed by atoms with Crippen molar-refractivity contribution in [3.05, 3.63) is 27.2 Å². The van der Waals surface area contributed by atoms with Crippen LogP contribution in [0.15, 0.2) is 21.5 Å². The standard InChI is InChI=1S/C13H13BrCl2O4S/c14-9-5-10(12(15)11(6-9)21(16,18)19)13(17)20-7-8-3-1-2-4-8/h5-6,8H,1-4,7H2. The Kier molecular flexibility index (Phi) is 5.57. The van der Waals surface area contributed by atoms with Gasteiger partial charge in [-0.3, -0.25) is 0 Å². The summed E-state index contributed by atoms with van der Waals surface area (Å²) in [6.07, 6.45) is 4.38. The highest BCUT2D eigenvalue weighted by molar-refractivity contribution is 9.10. The predicted molar refractivity (Wildman–Crippen MR) is 84.4 cm³/mol. The van der Waals surface area contributed by atoms with E-state index < -0.39 is 15.0 Å². The van der Waals surface area contributed by atoms with Crippen LogP contribution in [0.4, 0.5) is 0 Å². The van der Waals surface area contributed by atoms with E-state index in [4.69, 9.17) is 27.0 Å². The van der Waals surface area contributed by atoms with Gasteiger partial charge < -0.3 is 4.74 Å². The third-order valence-corrected chi connectivity index (χ3v) is 5.73. The first-order chi connectivity index (χ1) is 9.79. The maximum Gasteiger partial charge on any atom is 0.339 e. The monoisotopic (exact) mass is 414 g/mol. The van der Waals surface area contributed by atoms with E-state index in [2.05, 4.69) is 15.9 Å². The summed E-state index contributed by atoms with van der Waals surface area (Å²) < 4.78 is 28.5. The molecule has 4 nitrogen and oxygen atoms in total. The van der Waals surface area contributed by atoms with E-state index in [1.165, 1.54) is 12.1 Å². The van der Waals surface area contributed by atoms with Gasteiger partial charge in [0.15, 0.2) is 0 Å². The van der Waals surface area contributed by atoms with Crippen molar-refractivity contribution in [3.63, 3.8) is 0 Å². The zero-order valence-corrected chi connectivity index (χ0v) is 14.9. The number of halogens is 3. The molecule has 1 fully saturated rings. The molecule has 21 heavy (non-hydrogen) atoms. The Morgan fingerprint density at radius 1 is 1.33 bits per heavy atom. The molecule has 1 saturated carbocycles. The smallest absolute Gasteiger partial charge is 0.339 e. The van der Waals surface area contributed by atoms with Crippen molar-refractivity contribution < 1.29 is 17.9 Å². The zero-order valence-electron chi connectivity index (χ0n) is 10.9. The van der Waals surface area contributed by atoms with Crippen molar-refractivity contribution in [2.75, 3.05) is 6.61 Å². The summed E-state index contributed by atoms with van der Waals surface area (Å²) in [5.74, 6) is -0.272. The van der Waals surface area contributed by atoms with Gasteiger partial charge in [0, 0.05) is 15.2 Å². The fraction of sp³-hybridized carbons (Fsp3) is 0.462. The predicted octanol–water partition coefficient (Wildman–Crippen LogP) is 4.38. The molecule has 116 valence electrons. The molecular weight excluding hydrogens is 403 g/mol. The van der Waals surface area contributed by atoms with Crippen molar-refractivity contribution in [2.24, 2.45) is 5.92 Å². The van der Waals surface area contributed by atoms with Crippen LogP contribution in [0, 0.1) is 5.92 Å². The van der Waals surface area contributed by atoms with E-state index in [1.54, 1.807) is 0 Å². The van der Waals surface area contributed by atoms with E-state index in [1.807, 2.05) is 0 Å². The molecule has 0 unspecified atom stereocenters. The summed E-state index contributed by atoms with van der Waals surface area (Å²) in [4.78, 5) is 11.8. The van der Waals surface area contributed by atoms with E-state index in [9.17, 15) is 13.2 Å². The van der Waals surface area contributed by atoms with E-state index in [0.29, 0.717) is 17.0 Å². The highest BCUT2D eigenvalue weighted by Crippen LogP contribution is 2.32. The summed E-state index contributed by atoms with van der Waals surface area (Å²) in [7, 11) is 1.27. The molecular formula is C13H13BrCl2O4S. The molecule has 0 amide bonds. The molecule has 0 N–H and O–H groups in total. The average molecular weight is 416 g/mol. The van der Waals surface area contributed by atoms with Crippen molar-refractivity contribution in [2.45, 2.75) is 30.6 Å².